The third kappa shape index (κ3) is 6.02. The van der Waals surface area contributed by atoms with Gasteiger partial charge in [-0.2, -0.15) is 4.57 Å². The van der Waals surface area contributed by atoms with E-state index in [1.165, 1.54) is 12.1 Å². The van der Waals surface area contributed by atoms with Gasteiger partial charge in [-0.1, -0.05) is 48.5 Å². The molecule has 9 nitrogen and oxygen atoms in total. The molecule has 0 unspecified atom stereocenters. The zero-order chi connectivity index (χ0) is 24.0. The molecule has 34 heavy (non-hydrogen) atoms. The minimum atomic E-state index is -4.14. The summed E-state index contributed by atoms with van der Waals surface area (Å²) in [7, 11) is -4.14. The molecule has 1 heterocycles. The van der Waals surface area contributed by atoms with Gasteiger partial charge in [-0.3, -0.25) is 9.59 Å². The van der Waals surface area contributed by atoms with Crippen molar-refractivity contribution in [3.8, 4) is 17.2 Å². The molecule has 0 spiro atoms. The van der Waals surface area contributed by atoms with Crippen LogP contribution in [0.15, 0.2) is 84.9 Å². The van der Waals surface area contributed by atoms with Crippen LogP contribution in [0.25, 0.3) is 0 Å². The number of benzene rings is 3. The van der Waals surface area contributed by atoms with Crippen LogP contribution >= 0.6 is 7.82 Å². The number of imide groups is 1. The smallest absolute Gasteiger partial charge is 0.386 e. The lowest BCUT2D eigenvalue weighted by molar-refractivity contribution is -0.197. The molecule has 2 amide bonds. The van der Waals surface area contributed by atoms with Gasteiger partial charge < -0.3 is 18.4 Å². The molecule has 3 aromatic carbocycles. The first kappa shape index (κ1) is 23.1. The number of nitrogens with zero attached hydrogens (tertiary/aromatic N) is 1. The molecule has 1 aliphatic rings. The Bertz CT molecular complexity index is 1150. The van der Waals surface area contributed by atoms with E-state index in [4.69, 9.17) is 18.4 Å². The number of para-hydroxylation sites is 2. The molecular formula is C24H20NO8P. The minimum Gasteiger partial charge on any atom is -0.386 e. The van der Waals surface area contributed by atoms with E-state index in [-0.39, 0.29) is 25.0 Å². The van der Waals surface area contributed by atoms with Crippen molar-refractivity contribution in [1.82, 2.24) is 5.06 Å². The number of carbonyl (C=O) groups is 3. The first-order chi connectivity index (χ1) is 16.4. The predicted molar refractivity (Wildman–Crippen MR) is 120 cm³/mol. The topological polar surface area (TPSA) is 108 Å². The van der Waals surface area contributed by atoms with E-state index in [2.05, 4.69) is 0 Å². The Balaban J connectivity index is 1.44. The monoisotopic (exact) mass is 481 g/mol. The quantitative estimate of drug-likeness (QED) is 0.325. The first-order valence-corrected chi connectivity index (χ1v) is 11.8. The molecule has 0 radical (unpaired) electrons. The van der Waals surface area contributed by atoms with Gasteiger partial charge in [-0.15, -0.1) is 5.06 Å². The minimum absolute atomic E-state index is 0.0221. The second-order valence-corrected chi connectivity index (χ2v) is 8.66. The second-order valence-electron chi connectivity index (χ2n) is 7.21. The molecule has 174 valence electrons. The molecule has 0 aromatic heterocycles. The van der Waals surface area contributed by atoms with Crippen molar-refractivity contribution in [2.45, 2.75) is 19.3 Å². The van der Waals surface area contributed by atoms with Crippen LogP contribution in [0, 0.1) is 0 Å². The number of phosphoric acid groups is 1. The van der Waals surface area contributed by atoms with E-state index in [9.17, 15) is 18.9 Å². The Hall–Kier alpha value is -4.10. The van der Waals surface area contributed by atoms with Crippen LogP contribution in [0.3, 0.4) is 0 Å². The predicted octanol–water partition coefficient (Wildman–Crippen LogP) is 4.48. The van der Waals surface area contributed by atoms with Gasteiger partial charge in [-0.25, -0.2) is 4.79 Å². The fraction of sp³-hybridized carbons (Fsp3) is 0.125. The highest BCUT2D eigenvalue weighted by Crippen LogP contribution is 2.49. The Morgan fingerprint density at radius 2 is 1.15 bits per heavy atom. The van der Waals surface area contributed by atoms with E-state index < -0.39 is 25.6 Å². The maximum absolute atomic E-state index is 13.4. The lowest BCUT2D eigenvalue weighted by Gasteiger charge is -2.19. The number of hydrogen-bond donors (Lipinski definition) is 0. The third-order valence-electron chi connectivity index (χ3n) is 4.61. The van der Waals surface area contributed by atoms with Crippen LogP contribution in [-0.4, -0.2) is 22.8 Å². The molecule has 0 saturated carbocycles. The van der Waals surface area contributed by atoms with E-state index in [0.29, 0.717) is 22.1 Å². The van der Waals surface area contributed by atoms with Gasteiger partial charge >= 0.3 is 13.8 Å². The van der Waals surface area contributed by atoms with Gasteiger partial charge in [0.1, 0.15) is 17.2 Å². The lowest BCUT2D eigenvalue weighted by Crippen LogP contribution is -2.32. The number of carbonyl (C=O) groups excluding carboxylic acids is 3. The van der Waals surface area contributed by atoms with Crippen molar-refractivity contribution in [2.75, 3.05) is 0 Å². The second kappa shape index (κ2) is 10.2. The highest BCUT2D eigenvalue weighted by molar-refractivity contribution is 7.49. The van der Waals surface area contributed by atoms with Crippen LogP contribution in [0.1, 0.15) is 18.4 Å². The van der Waals surface area contributed by atoms with Crippen molar-refractivity contribution in [3.05, 3.63) is 90.5 Å². The summed E-state index contributed by atoms with van der Waals surface area (Å²) in [6.45, 7) is 0. The standard InChI is InChI=1S/C24H20NO8P/c26-22-15-16-23(27)25(22)30-24(28)17-18-11-13-21(14-12-18)33-34(29,31-19-7-3-1-4-8-19)32-20-9-5-2-6-10-20/h1-14H,15-17H2. The van der Waals surface area contributed by atoms with E-state index in [1.807, 2.05) is 0 Å². The van der Waals surface area contributed by atoms with Gasteiger partial charge in [0, 0.05) is 12.8 Å². The first-order valence-electron chi connectivity index (χ1n) is 10.3. The van der Waals surface area contributed by atoms with E-state index >= 15 is 0 Å². The van der Waals surface area contributed by atoms with Gasteiger partial charge in [0.2, 0.25) is 0 Å². The Morgan fingerprint density at radius 3 is 1.62 bits per heavy atom. The molecule has 0 N–H and O–H groups in total. The van der Waals surface area contributed by atoms with Gasteiger partial charge in [0.05, 0.1) is 6.42 Å². The van der Waals surface area contributed by atoms with Gasteiger partial charge in [0.15, 0.2) is 0 Å². The molecule has 4 rings (SSSR count). The van der Waals surface area contributed by atoms with Crippen molar-refractivity contribution in [2.24, 2.45) is 0 Å². The van der Waals surface area contributed by atoms with Crippen LogP contribution in [0.5, 0.6) is 17.2 Å². The van der Waals surface area contributed by atoms with Crippen molar-refractivity contribution >= 4 is 25.6 Å². The summed E-state index contributed by atoms with van der Waals surface area (Å²) in [6, 6.07) is 23.0. The molecule has 10 heteroatoms. The van der Waals surface area contributed by atoms with E-state index in [1.54, 1.807) is 72.8 Å². The molecule has 1 saturated heterocycles. The Morgan fingerprint density at radius 1 is 0.706 bits per heavy atom. The van der Waals surface area contributed by atoms with Crippen molar-refractivity contribution in [3.63, 3.8) is 0 Å². The fourth-order valence-corrected chi connectivity index (χ4v) is 4.28. The van der Waals surface area contributed by atoms with Gasteiger partial charge in [-0.05, 0) is 42.0 Å². The molecular weight excluding hydrogens is 461 g/mol. The third-order valence-corrected chi connectivity index (χ3v) is 5.91. The number of rotatable bonds is 9. The summed E-state index contributed by atoms with van der Waals surface area (Å²) in [5.74, 6) is -1.08. The average molecular weight is 481 g/mol. The molecule has 0 bridgehead atoms. The van der Waals surface area contributed by atoms with Crippen LogP contribution < -0.4 is 13.6 Å². The number of phosphoric ester groups is 1. The van der Waals surface area contributed by atoms with Crippen molar-refractivity contribution in [1.29, 1.82) is 0 Å². The van der Waals surface area contributed by atoms with E-state index in [0.717, 1.165) is 0 Å². The van der Waals surface area contributed by atoms with Crippen LogP contribution in [0.4, 0.5) is 0 Å². The highest BCUT2D eigenvalue weighted by atomic mass is 31.2. The molecule has 1 aliphatic heterocycles. The summed E-state index contributed by atoms with van der Waals surface area (Å²) in [4.78, 5) is 40.1. The highest BCUT2D eigenvalue weighted by Gasteiger charge is 2.34. The number of hydroxylamine groups is 2. The summed E-state index contributed by atoms with van der Waals surface area (Å²) in [6.07, 6.45) is -0.140. The fourth-order valence-electron chi connectivity index (χ4n) is 3.03. The molecule has 1 fully saturated rings. The Kier molecular flexibility index (Phi) is 6.94. The maximum atomic E-state index is 13.4. The normalized spacial score (nSPS) is 13.5. The summed E-state index contributed by atoms with van der Waals surface area (Å²) in [5.41, 5.74) is 0.527. The zero-order valence-corrected chi connectivity index (χ0v) is 18.8. The largest absolute Gasteiger partial charge is 0.647 e. The maximum Gasteiger partial charge on any atom is 0.647 e. The molecule has 3 aromatic rings. The summed E-state index contributed by atoms with van der Waals surface area (Å²) < 4.78 is 30.2. The van der Waals surface area contributed by atoms with Crippen LogP contribution in [-0.2, 0) is 30.2 Å². The SMILES string of the molecule is O=C(Cc1ccc(OP(=O)(Oc2ccccc2)Oc2ccccc2)cc1)ON1C(=O)CCC1=O. The lowest BCUT2D eigenvalue weighted by atomic mass is 10.1. The van der Waals surface area contributed by atoms with Gasteiger partial charge in [0.25, 0.3) is 11.8 Å². The molecule has 0 atom stereocenters. The number of amides is 2. The molecule has 0 aliphatic carbocycles. The average Bonchev–Trinajstić information content (AvgIpc) is 3.13. The number of hydrogen-bond acceptors (Lipinski definition) is 8. The van der Waals surface area contributed by atoms with Crippen molar-refractivity contribution < 1.29 is 37.4 Å². The zero-order valence-electron chi connectivity index (χ0n) is 17.9. The van der Waals surface area contributed by atoms with Crippen LogP contribution in [0.2, 0.25) is 0 Å². The Labute approximate surface area is 195 Å². The summed E-state index contributed by atoms with van der Waals surface area (Å²) >= 11 is 0. The summed E-state index contributed by atoms with van der Waals surface area (Å²) in [5, 5.41) is 0.498.